The third-order valence-corrected chi connectivity index (χ3v) is 2.62. The van der Waals surface area contributed by atoms with Gasteiger partial charge in [0.15, 0.2) is 0 Å². The van der Waals surface area contributed by atoms with Gasteiger partial charge in [-0.3, -0.25) is 9.69 Å². The lowest BCUT2D eigenvalue weighted by Gasteiger charge is -2.27. The zero-order valence-electron chi connectivity index (χ0n) is 9.32. The summed E-state index contributed by atoms with van der Waals surface area (Å²) in [6.07, 6.45) is 0. The highest BCUT2D eigenvalue weighted by Gasteiger charge is 2.29. The Morgan fingerprint density at radius 3 is 2.75 bits per heavy atom. The van der Waals surface area contributed by atoms with Crippen molar-refractivity contribution in [3.63, 3.8) is 0 Å². The fourth-order valence-corrected chi connectivity index (χ4v) is 1.74. The number of hydrogen-bond acceptors (Lipinski definition) is 3. The van der Waals surface area contributed by atoms with Gasteiger partial charge in [0.1, 0.15) is 6.61 Å². The number of cyclic esters (lactones) is 1. The topological polar surface area (TPSA) is 46.6 Å². The van der Waals surface area contributed by atoms with E-state index in [2.05, 4.69) is 4.74 Å². The first-order valence-electron chi connectivity index (χ1n) is 5.15. The first-order chi connectivity index (χ1) is 7.59. The van der Waals surface area contributed by atoms with Crippen molar-refractivity contribution in [3.05, 3.63) is 29.3 Å². The fourth-order valence-electron chi connectivity index (χ4n) is 1.74. The number of aryl methyl sites for hydroxylation is 2. The molecule has 0 atom stereocenters. The summed E-state index contributed by atoms with van der Waals surface area (Å²) in [5, 5.41) is 0. The van der Waals surface area contributed by atoms with Crippen molar-refractivity contribution in [2.24, 2.45) is 0 Å². The maximum atomic E-state index is 11.6. The molecule has 0 spiro atoms. The van der Waals surface area contributed by atoms with E-state index in [0.29, 0.717) is 6.54 Å². The normalized spacial score (nSPS) is 16.2. The summed E-state index contributed by atoms with van der Waals surface area (Å²) in [6.45, 7) is 4.56. The largest absolute Gasteiger partial charge is 0.457 e. The molecule has 16 heavy (non-hydrogen) atoms. The van der Waals surface area contributed by atoms with Crippen LogP contribution < -0.4 is 4.90 Å². The van der Waals surface area contributed by atoms with Crippen LogP contribution in [0.15, 0.2) is 18.2 Å². The van der Waals surface area contributed by atoms with Gasteiger partial charge in [0.2, 0.25) is 0 Å². The molecule has 1 aliphatic rings. The SMILES string of the molecule is Cc1ccc(C)c(N2CCOC(=O)C2=O)c1. The molecule has 84 valence electrons. The molecule has 1 amide bonds. The van der Waals surface area contributed by atoms with Gasteiger partial charge in [-0.2, -0.15) is 0 Å². The van der Waals surface area contributed by atoms with Crippen LogP contribution in [0.2, 0.25) is 0 Å². The van der Waals surface area contributed by atoms with Crippen molar-refractivity contribution < 1.29 is 14.3 Å². The highest BCUT2D eigenvalue weighted by Crippen LogP contribution is 2.23. The number of nitrogens with zero attached hydrogens (tertiary/aromatic N) is 1. The third kappa shape index (κ3) is 1.78. The van der Waals surface area contributed by atoms with Crippen molar-refractivity contribution in [2.75, 3.05) is 18.1 Å². The van der Waals surface area contributed by atoms with Gasteiger partial charge in [0.25, 0.3) is 0 Å². The number of carbonyl (C=O) groups excluding carboxylic acids is 2. The molecule has 1 aliphatic heterocycles. The second kappa shape index (κ2) is 3.96. The number of amides is 1. The smallest absolute Gasteiger partial charge is 0.397 e. The Bertz CT molecular complexity index is 454. The Morgan fingerprint density at radius 2 is 2.00 bits per heavy atom. The minimum absolute atomic E-state index is 0.262. The second-order valence-electron chi connectivity index (χ2n) is 3.88. The Labute approximate surface area is 93.8 Å². The number of benzene rings is 1. The number of morpholine rings is 1. The molecule has 0 aromatic heterocycles. The van der Waals surface area contributed by atoms with Crippen molar-refractivity contribution in [1.29, 1.82) is 0 Å². The predicted molar refractivity (Wildman–Crippen MR) is 59.2 cm³/mol. The van der Waals surface area contributed by atoms with Crippen LogP contribution >= 0.6 is 0 Å². The van der Waals surface area contributed by atoms with Crippen LogP contribution in [0.1, 0.15) is 11.1 Å². The molecule has 1 fully saturated rings. The first-order valence-corrected chi connectivity index (χ1v) is 5.15. The molecular formula is C12H13NO3. The molecule has 4 nitrogen and oxygen atoms in total. The Balaban J connectivity index is 2.39. The van der Waals surface area contributed by atoms with Gasteiger partial charge in [-0.05, 0) is 31.0 Å². The van der Waals surface area contributed by atoms with Crippen LogP contribution in [0.3, 0.4) is 0 Å². The van der Waals surface area contributed by atoms with E-state index in [9.17, 15) is 9.59 Å². The van der Waals surface area contributed by atoms with Crippen molar-refractivity contribution in [2.45, 2.75) is 13.8 Å². The standard InChI is InChI=1S/C12H13NO3/c1-8-3-4-9(2)10(7-8)13-5-6-16-12(15)11(13)14/h3-4,7H,5-6H2,1-2H3. The first kappa shape index (κ1) is 10.7. The van der Waals surface area contributed by atoms with E-state index < -0.39 is 11.9 Å². The number of hydrogen-bond donors (Lipinski definition) is 0. The molecule has 0 bridgehead atoms. The van der Waals surface area contributed by atoms with Crippen molar-refractivity contribution in [3.8, 4) is 0 Å². The van der Waals surface area contributed by atoms with Gasteiger partial charge in [-0.15, -0.1) is 0 Å². The Morgan fingerprint density at radius 1 is 1.25 bits per heavy atom. The zero-order chi connectivity index (χ0) is 11.7. The zero-order valence-corrected chi connectivity index (χ0v) is 9.32. The maximum Gasteiger partial charge on any atom is 0.397 e. The highest BCUT2D eigenvalue weighted by molar-refractivity contribution is 6.38. The minimum atomic E-state index is -0.771. The molecular weight excluding hydrogens is 206 g/mol. The van der Waals surface area contributed by atoms with Gasteiger partial charge in [0.05, 0.1) is 6.54 Å². The van der Waals surface area contributed by atoms with Gasteiger partial charge in [0, 0.05) is 5.69 Å². The summed E-state index contributed by atoms with van der Waals surface area (Å²) in [4.78, 5) is 24.3. The van der Waals surface area contributed by atoms with E-state index >= 15 is 0 Å². The van der Waals surface area contributed by atoms with Crippen molar-refractivity contribution in [1.82, 2.24) is 0 Å². The van der Waals surface area contributed by atoms with Gasteiger partial charge in [-0.25, -0.2) is 4.79 Å². The van der Waals surface area contributed by atoms with Crippen LogP contribution in [0.4, 0.5) is 5.69 Å². The molecule has 0 unspecified atom stereocenters. The van der Waals surface area contributed by atoms with Gasteiger partial charge < -0.3 is 4.74 Å². The quantitative estimate of drug-likeness (QED) is 0.526. The maximum absolute atomic E-state index is 11.6. The summed E-state index contributed by atoms with van der Waals surface area (Å²) in [5.41, 5.74) is 2.84. The van der Waals surface area contributed by atoms with Gasteiger partial charge >= 0.3 is 11.9 Å². The minimum Gasteiger partial charge on any atom is -0.457 e. The van der Waals surface area contributed by atoms with E-state index in [4.69, 9.17) is 0 Å². The molecule has 0 aliphatic carbocycles. The predicted octanol–water partition coefficient (Wildman–Crippen LogP) is 1.19. The van der Waals surface area contributed by atoms with Gasteiger partial charge in [-0.1, -0.05) is 12.1 Å². The average molecular weight is 219 g/mol. The van der Waals surface area contributed by atoms with Crippen molar-refractivity contribution >= 4 is 17.6 Å². The van der Waals surface area contributed by atoms with Crippen LogP contribution in [0, 0.1) is 13.8 Å². The third-order valence-electron chi connectivity index (χ3n) is 2.62. The molecule has 0 N–H and O–H groups in total. The molecule has 1 saturated heterocycles. The molecule has 1 heterocycles. The van der Waals surface area contributed by atoms with E-state index in [1.165, 1.54) is 4.90 Å². The lowest BCUT2D eigenvalue weighted by Crippen LogP contribution is -2.45. The number of anilines is 1. The lowest BCUT2D eigenvalue weighted by molar-refractivity contribution is -0.156. The molecule has 0 saturated carbocycles. The summed E-state index contributed by atoms with van der Waals surface area (Å²) in [5.74, 6) is -1.35. The number of esters is 1. The summed E-state index contributed by atoms with van der Waals surface area (Å²) < 4.78 is 4.68. The number of carbonyl (C=O) groups is 2. The molecule has 4 heteroatoms. The fraction of sp³-hybridized carbons (Fsp3) is 0.333. The van der Waals surface area contributed by atoms with Crippen LogP contribution in [-0.4, -0.2) is 25.0 Å². The monoisotopic (exact) mass is 219 g/mol. The summed E-state index contributed by atoms with van der Waals surface area (Å²) in [7, 11) is 0. The number of rotatable bonds is 1. The molecule has 0 radical (unpaired) electrons. The van der Waals surface area contributed by atoms with E-state index in [1.54, 1.807) is 0 Å². The van der Waals surface area contributed by atoms with Crippen LogP contribution in [0.25, 0.3) is 0 Å². The van der Waals surface area contributed by atoms with E-state index in [-0.39, 0.29) is 6.61 Å². The van der Waals surface area contributed by atoms with E-state index in [1.807, 2.05) is 32.0 Å². The van der Waals surface area contributed by atoms with E-state index in [0.717, 1.165) is 16.8 Å². The lowest BCUT2D eigenvalue weighted by atomic mass is 10.1. The second-order valence-corrected chi connectivity index (χ2v) is 3.88. The number of ether oxygens (including phenoxy) is 1. The highest BCUT2D eigenvalue weighted by atomic mass is 16.5. The molecule has 1 aromatic rings. The Kier molecular flexibility index (Phi) is 2.64. The van der Waals surface area contributed by atoms with Crippen LogP contribution in [-0.2, 0) is 14.3 Å². The average Bonchev–Trinajstić information content (AvgIpc) is 2.26. The summed E-state index contributed by atoms with van der Waals surface area (Å²) in [6, 6.07) is 5.83. The van der Waals surface area contributed by atoms with Crippen LogP contribution in [0.5, 0.6) is 0 Å². The molecule has 2 rings (SSSR count). The summed E-state index contributed by atoms with van der Waals surface area (Å²) >= 11 is 0. The molecule has 1 aromatic carbocycles. The Hall–Kier alpha value is -1.84.